The third-order valence-corrected chi connectivity index (χ3v) is 6.93. The Balaban J connectivity index is 1.41. The van der Waals surface area contributed by atoms with Crippen LogP contribution in [-0.4, -0.2) is 21.4 Å². The second-order valence-corrected chi connectivity index (χ2v) is 8.66. The molecule has 26 heavy (non-hydrogen) atoms. The van der Waals surface area contributed by atoms with Crippen LogP contribution in [0, 0.1) is 6.92 Å². The molecule has 5 rings (SSSR count). The monoisotopic (exact) mass is 381 g/mol. The van der Waals surface area contributed by atoms with Crippen LogP contribution in [0.3, 0.4) is 0 Å². The number of aryl methyl sites for hydroxylation is 1. The lowest BCUT2D eigenvalue weighted by Crippen LogP contribution is -2.23. The number of oxazole rings is 1. The summed E-state index contributed by atoms with van der Waals surface area (Å²) in [4.78, 5) is 13.2. The van der Waals surface area contributed by atoms with Crippen molar-refractivity contribution >= 4 is 32.9 Å². The Kier molecular flexibility index (Phi) is 4.11. The van der Waals surface area contributed by atoms with Crippen LogP contribution in [0.4, 0.5) is 0 Å². The van der Waals surface area contributed by atoms with Crippen molar-refractivity contribution in [3.8, 4) is 10.8 Å². The van der Waals surface area contributed by atoms with Gasteiger partial charge in [0, 0.05) is 6.54 Å². The summed E-state index contributed by atoms with van der Waals surface area (Å²) in [7, 11) is 0. The fraction of sp³-hybridized carbons (Fsp3) is 0.300. The molecule has 1 aromatic carbocycles. The van der Waals surface area contributed by atoms with E-state index in [1.54, 1.807) is 11.3 Å². The lowest BCUT2D eigenvalue weighted by Gasteiger charge is -2.21. The zero-order valence-electron chi connectivity index (χ0n) is 14.5. The number of likely N-dealkylation sites (tertiary alicyclic amines) is 1. The van der Waals surface area contributed by atoms with Crippen LogP contribution in [-0.2, 0) is 6.54 Å². The van der Waals surface area contributed by atoms with E-state index in [0.717, 1.165) is 47.2 Å². The Morgan fingerprint density at radius 3 is 2.96 bits per heavy atom. The van der Waals surface area contributed by atoms with E-state index in [0.29, 0.717) is 6.04 Å². The molecule has 4 nitrogen and oxygen atoms in total. The fourth-order valence-electron chi connectivity index (χ4n) is 3.60. The lowest BCUT2D eigenvalue weighted by molar-refractivity contribution is 0.244. The zero-order chi connectivity index (χ0) is 17.5. The molecule has 4 aromatic rings. The molecule has 1 unspecified atom stereocenters. The van der Waals surface area contributed by atoms with Crippen LogP contribution in [0.25, 0.3) is 21.0 Å². The van der Waals surface area contributed by atoms with E-state index in [1.165, 1.54) is 16.1 Å². The molecule has 1 saturated heterocycles. The van der Waals surface area contributed by atoms with Gasteiger partial charge in [-0.2, -0.15) is 0 Å². The summed E-state index contributed by atoms with van der Waals surface area (Å²) in [5.41, 5.74) is 2.15. The van der Waals surface area contributed by atoms with E-state index in [1.807, 2.05) is 24.3 Å². The van der Waals surface area contributed by atoms with Crippen molar-refractivity contribution in [1.29, 1.82) is 0 Å². The first-order chi connectivity index (χ1) is 12.8. The Morgan fingerprint density at radius 2 is 2.12 bits per heavy atom. The van der Waals surface area contributed by atoms with Crippen molar-refractivity contribution in [3.63, 3.8) is 0 Å². The summed E-state index contributed by atoms with van der Waals surface area (Å²) in [6, 6.07) is 12.9. The molecule has 1 aliphatic heterocycles. The highest BCUT2D eigenvalue weighted by Crippen LogP contribution is 2.37. The Morgan fingerprint density at radius 1 is 1.19 bits per heavy atom. The van der Waals surface area contributed by atoms with E-state index in [2.05, 4.69) is 40.6 Å². The minimum absolute atomic E-state index is 0.383. The van der Waals surface area contributed by atoms with Crippen LogP contribution in [0.15, 0.2) is 46.2 Å². The Hall–Kier alpha value is -2.02. The van der Waals surface area contributed by atoms with Gasteiger partial charge in [0.25, 0.3) is 0 Å². The van der Waals surface area contributed by atoms with Gasteiger partial charge in [-0.1, -0.05) is 18.2 Å². The molecule has 132 valence electrons. The van der Waals surface area contributed by atoms with Crippen molar-refractivity contribution in [1.82, 2.24) is 14.9 Å². The van der Waals surface area contributed by atoms with Gasteiger partial charge >= 0.3 is 0 Å². The van der Waals surface area contributed by atoms with Crippen molar-refractivity contribution in [3.05, 3.63) is 58.2 Å². The number of benzene rings is 1. The van der Waals surface area contributed by atoms with Gasteiger partial charge in [-0.05, 0) is 49.9 Å². The van der Waals surface area contributed by atoms with Gasteiger partial charge in [-0.15, -0.1) is 22.7 Å². The maximum atomic E-state index is 5.92. The van der Waals surface area contributed by atoms with E-state index >= 15 is 0 Å². The molecular weight excluding hydrogens is 362 g/mol. The molecule has 1 fully saturated rings. The fourth-order valence-corrected chi connectivity index (χ4v) is 5.39. The van der Waals surface area contributed by atoms with Crippen molar-refractivity contribution in [2.24, 2.45) is 0 Å². The Labute approximate surface area is 160 Å². The molecule has 0 radical (unpaired) electrons. The number of thiophene rings is 1. The molecule has 0 N–H and O–H groups in total. The van der Waals surface area contributed by atoms with Crippen LogP contribution >= 0.6 is 22.7 Å². The smallest absolute Gasteiger partial charge is 0.236 e. The third kappa shape index (κ3) is 2.88. The second kappa shape index (κ2) is 6.61. The quantitative estimate of drug-likeness (QED) is 0.457. The number of thiazole rings is 1. The van der Waals surface area contributed by atoms with Crippen molar-refractivity contribution in [2.75, 3.05) is 6.54 Å². The number of rotatable bonds is 4. The predicted molar refractivity (Wildman–Crippen MR) is 107 cm³/mol. The zero-order valence-corrected chi connectivity index (χ0v) is 16.1. The van der Waals surface area contributed by atoms with Gasteiger partial charge < -0.3 is 4.42 Å². The number of nitrogens with zero attached hydrogens (tertiary/aromatic N) is 3. The standard InChI is InChI=1S/C20H19N3OS2/c1-13-15(21-19(24-13)18-9-5-11-25-18)12-23-10-4-7-16(23)20-22-14-6-2-3-8-17(14)26-20/h2-3,5-6,8-9,11,16H,4,7,10,12H2,1H3. The summed E-state index contributed by atoms with van der Waals surface area (Å²) >= 11 is 3.48. The molecule has 3 aromatic heterocycles. The predicted octanol–water partition coefficient (Wildman–Crippen LogP) is 5.66. The maximum absolute atomic E-state index is 5.92. The molecule has 0 spiro atoms. The van der Waals surface area contributed by atoms with E-state index < -0.39 is 0 Å². The normalized spacial score (nSPS) is 18.1. The maximum Gasteiger partial charge on any atom is 0.236 e. The molecule has 0 saturated carbocycles. The number of hydrogen-bond donors (Lipinski definition) is 0. The average Bonchev–Trinajstić information content (AvgIpc) is 3.42. The van der Waals surface area contributed by atoms with E-state index in [-0.39, 0.29) is 0 Å². The molecule has 0 aliphatic carbocycles. The molecule has 0 amide bonds. The third-order valence-electron chi connectivity index (χ3n) is 4.94. The Bertz CT molecular complexity index is 1000. The van der Waals surface area contributed by atoms with Crippen molar-refractivity contribution in [2.45, 2.75) is 32.4 Å². The SMILES string of the molecule is Cc1oc(-c2cccs2)nc1CN1CCCC1c1nc2ccccc2s1. The van der Waals surface area contributed by atoms with Gasteiger partial charge in [-0.3, -0.25) is 4.90 Å². The minimum Gasteiger partial charge on any atom is -0.440 e. The van der Waals surface area contributed by atoms with Gasteiger partial charge in [-0.25, -0.2) is 9.97 Å². The topological polar surface area (TPSA) is 42.2 Å². The summed E-state index contributed by atoms with van der Waals surface area (Å²) in [6.07, 6.45) is 2.36. The molecule has 6 heteroatoms. The molecule has 4 heterocycles. The first-order valence-corrected chi connectivity index (χ1v) is 10.6. The van der Waals surface area contributed by atoms with Gasteiger partial charge in [0.05, 0.1) is 26.8 Å². The van der Waals surface area contributed by atoms with Gasteiger partial charge in [0.2, 0.25) is 5.89 Å². The number of aromatic nitrogens is 2. The lowest BCUT2D eigenvalue weighted by atomic mass is 10.2. The first-order valence-electron chi connectivity index (χ1n) is 8.87. The highest BCUT2D eigenvalue weighted by atomic mass is 32.1. The summed E-state index contributed by atoms with van der Waals surface area (Å²) in [5.74, 6) is 1.66. The number of fused-ring (bicyclic) bond motifs is 1. The van der Waals surface area contributed by atoms with Crippen LogP contribution in [0.1, 0.15) is 35.3 Å². The second-order valence-electron chi connectivity index (χ2n) is 6.65. The summed E-state index contributed by atoms with van der Waals surface area (Å²) in [5, 5.41) is 3.28. The molecule has 0 bridgehead atoms. The van der Waals surface area contributed by atoms with Crippen LogP contribution < -0.4 is 0 Å². The number of hydrogen-bond acceptors (Lipinski definition) is 6. The van der Waals surface area contributed by atoms with E-state index in [4.69, 9.17) is 14.4 Å². The van der Waals surface area contributed by atoms with Gasteiger partial charge in [0.15, 0.2) is 0 Å². The van der Waals surface area contributed by atoms with Crippen LogP contribution in [0.2, 0.25) is 0 Å². The average molecular weight is 382 g/mol. The largest absolute Gasteiger partial charge is 0.440 e. The summed E-state index contributed by atoms with van der Waals surface area (Å²) < 4.78 is 7.19. The van der Waals surface area contributed by atoms with Gasteiger partial charge in [0.1, 0.15) is 10.8 Å². The summed E-state index contributed by atoms with van der Waals surface area (Å²) in [6.45, 7) is 3.92. The highest BCUT2D eigenvalue weighted by Gasteiger charge is 2.30. The number of para-hydroxylation sites is 1. The van der Waals surface area contributed by atoms with Crippen molar-refractivity contribution < 1.29 is 4.42 Å². The first kappa shape index (κ1) is 16.2. The minimum atomic E-state index is 0.383. The van der Waals surface area contributed by atoms with E-state index in [9.17, 15) is 0 Å². The molecule has 1 aliphatic rings. The van der Waals surface area contributed by atoms with Crippen LogP contribution in [0.5, 0.6) is 0 Å². The molecular formula is C20H19N3OS2. The molecule has 1 atom stereocenters. The highest BCUT2D eigenvalue weighted by molar-refractivity contribution is 7.18.